The summed E-state index contributed by atoms with van der Waals surface area (Å²) in [5.41, 5.74) is 2.08. The third kappa shape index (κ3) is 5.57. The number of hydrogen-bond donors (Lipinski definition) is 2. The van der Waals surface area contributed by atoms with Crippen LogP contribution in [-0.2, 0) is 19.3 Å². The minimum absolute atomic E-state index is 0. The Kier molecular flexibility index (Phi) is 7.61. The van der Waals surface area contributed by atoms with Crippen LogP contribution < -0.4 is 10.6 Å². The van der Waals surface area contributed by atoms with Crippen LogP contribution in [0.3, 0.4) is 0 Å². The van der Waals surface area contributed by atoms with Gasteiger partial charge in [0.15, 0.2) is 5.96 Å². The average molecular weight is 500 g/mol. The maximum absolute atomic E-state index is 12.6. The quantitative estimate of drug-likeness (QED) is 0.309. The van der Waals surface area contributed by atoms with Crippen molar-refractivity contribution in [3.05, 3.63) is 77.5 Å². The molecule has 0 atom stereocenters. The molecule has 2 aromatic carbocycles. The number of pyridine rings is 1. The van der Waals surface area contributed by atoms with Gasteiger partial charge in [0.1, 0.15) is 0 Å². The van der Waals surface area contributed by atoms with Crippen molar-refractivity contribution in [1.29, 1.82) is 0 Å². The first-order chi connectivity index (χ1) is 13.0. The number of para-hydroxylation sites is 1. The van der Waals surface area contributed by atoms with Crippen molar-refractivity contribution >= 4 is 40.8 Å². The van der Waals surface area contributed by atoms with Crippen LogP contribution in [0, 0.1) is 0 Å². The predicted molar refractivity (Wildman–Crippen MR) is 116 cm³/mol. The lowest BCUT2D eigenvalue weighted by Crippen LogP contribution is -2.36. The number of aliphatic imine (C=N–C) groups is 1. The lowest BCUT2D eigenvalue weighted by molar-refractivity contribution is -0.137. The highest BCUT2D eigenvalue weighted by Gasteiger charge is 2.29. The smallest absolute Gasteiger partial charge is 0.352 e. The molecule has 3 rings (SSSR count). The van der Waals surface area contributed by atoms with E-state index in [1.165, 1.54) is 12.1 Å². The Hall–Kier alpha value is -2.36. The summed E-state index contributed by atoms with van der Waals surface area (Å²) in [5, 5.41) is 7.38. The van der Waals surface area contributed by atoms with Gasteiger partial charge in [0.05, 0.1) is 11.1 Å². The zero-order valence-electron chi connectivity index (χ0n) is 15.1. The molecule has 8 heteroatoms. The molecule has 1 heterocycles. The normalized spacial score (nSPS) is 11.8. The number of alkyl halides is 3. The predicted octanol–water partition coefficient (Wildman–Crippen LogP) is 4.74. The number of hydrogen-bond acceptors (Lipinski definition) is 2. The van der Waals surface area contributed by atoms with Crippen molar-refractivity contribution < 1.29 is 13.2 Å². The Balaban J connectivity index is 0.00000280. The molecule has 0 amide bonds. The van der Waals surface area contributed by atoms with Crippen LogP contribution in [0.15, 0.2) is 65.8 Å². The summed E-state index contributed by atoms with van der Waals surface area (Å²) in [5.74, 6) is 0.566. The van der Waals surface area contributed by atoms with Gasteiger partial charge in [0.25, 0.3) is 0 Å². The summed E-state index contributed by atoms with van der Waals surface area (Å²) in [7, 11) is 1.65. The van der Waals surface area contributed by atoms with E-state index >= 15 is 0 Å². The molecule has 148 valence electrons. The molecule has 0 bridgehead atoms. The largest absolute Gasteiger partial charge is 0.416 e. The standard InChI is InChI=1S/C20H19F3N4.HI/c1-24-19(26-12-14-6-8-16(9-7-14)20(21,22)23)27-13-15-10-11-25-18-5-3-2-4-17(15)18;/h2-11H,12-13H2,1H3,(H2,24,26,27);1H. The summed E-state index contributed by atoms with van der Waals surface area (Å²) in [6.45, 7) is 0.921. The average Bonchev–Trinajstić information content (AvgIpc) is 2.68. The molecule has 0 aliphatic carbocycles. The number of guanidine groups is 1. The van der Waals surface area contributed by atoms with Gasteiger partial charge in [-0.15, -0.1) is 24.0 Å². The zero-order chi connectivity index (χ0) is 19.3. The molecular formula is C20H20F3IN4. The second-order valence-electron chi connectivity index (χ2n) is 5.96. The van der Waals surface area contributed by atoms with Crippen LogP contribution in [0.2, 0.25) is 0 Å². The molecule has 0 aliphatic rings. The first kappa shape index (κ1) is 21.9. The molecule has 4 nitrogen and oxygen atoms in total. The van der Waals surface area contributed by atoms with Gasteiger partial charge in [-0.3, -0.25) is 9.98 Å². The second kappa shape index (κ2) is 9.72. The van der Waals surface area contributed by atoms with Crippen LogP contribution in [0.25, 0.3) is 10.9 Å². The van der Waals surface area contributed by atoms with E-state index in [9.17, 15) is 13.2 Å². The minimum atomic E-state index is -4.32. The molecular weight excluding hydrogens is 480 g/mol. The maximum atomic E-state index is 12.6. The van der Waals surface area contributed by atoms with Crippen LogP contribution >= 0.6 is 24.0 Å². The number of fused-ring (bicyclic) bond motifs is 1. The Labute approximate surface area is 178 Å². The summed E-state index contributed by atoms with van der Waals surface area (Å²) in [6, 6.07) is 14.9. The fraction of sp³-hybridized carbons (Fsp3) is 0.200. The Morgan fingerprint density at radius 1 is 0.964 bits per heavy atom. The van der Waals surface area contributed by atoms with E-state index in [-0.39, 0.29) is 24.0 Å². The topological polar surface area (TPSA) is 49.3 Å². The van der Waals surface area contributed by atoms with E-state index in [1.54, 1.807) is 13.2 Å². The first-order valence-electron chi connectivity index (χ1n) is 8.40. The van der Waals surface area contributed by atoms with E-state index in [0.717, 1.165) is 34.2 Å². The summed E-state index contributed by atoms with van der Waals surface area (Å²) < 4.78 is 37.8. The molecule has 3 aromatic rings. The van der Waals surface area contributed by atoms with E-state index in [2.05, 4.69) is 20.6 Å². The summed E-state index contributed by atoms with van der Waals surface area (Å²) in [6.07, 6.45) is -2.56. The third-order valence-electron chi connectivity index (χ3n) is 4.15. The molecule has 1 aromatic heterocycles. The van der Waals surface area contributed by atoms with E-state index in [0.29, 0.717) is 19.0 Å². The van der Waals surface area contributed by atoms with Gasteiger partial charge in [0.2, 0.25) is 0 Å². The third-order valence-corrected chi connectivity index (χ3v) is 4.15. The molecule has 0 fully saturated rings. The van der Waals surface area contributed by atoms with Crippen molar-refractivity contribution in [3.63, 3.8) is 0 Å². The van der Waals surface area contributed by atoms with Crippen molar-refractivity contribution in [2.24, 2.45) is 4.99 Å². The fourth-order valence-electron chi connectivity index (χ4n) is 2.71. The van der Waals surface area contributed by atoms with E-state index in [1.807, 2.05) is 30.3 Å². The fourth-order valence-corrected chi connectivity index (χ4v) is 2.71. The number of nitrogens with one attached hydrogen (secondary N) is 2. The number of aromatic nitrogens is 1. The Bertz CT molecular complexity index is 935. The highest BCUT2D eigenvalue weighted by atomic mass is 127. The minimum Gasteiger partial charge on any atom is -0.352 e. The van der Waals surface area contributed by atoms with Gasteiger partial charge in [-0.1, -0.05) is 30.3 Å². The van der Waals surface area contributed by atoms with Gasteiger partial charge in [-0.2, -0.15) is 13.2 Å². The lowest BCUT2D eigenvalue weighted by Gasteiger charge is -2.13. The maximum Gasteiger partial charge on any atom is 0.416 e. The van der Waals surface area contributed by atoms with Gasteiger partial charge in [0, 0.05) is 31.7 Å². The molecule has 28 heavy (non-hydrogen) atoms. The van der Waals surface area contributed by atoms with Gasteiger partial charge in [-0.25, -0.2) is 0 Å². The molecule has 0 unspecified atom stereocenters. The number of benzene rings is 2. The van der Waals surface area contributed by atoms with E-state index < -0.39 is 11.7 Å². The highest BCUT2D eigenvalue weighted by molar-refractivity contribution is 14.0. The van der Waals surface area contributed by atoms with Gasteiger partial charge in [-0.05, 0) is 35.4 Å². The van der Waals surface area contributed by atoms with Crippen molar-refractivity contribution in [3.8, 4) is 0 Å². The van der Waals surface area contributed by atoms with Crippen LogP contribution in [-0.4, -0.2) is 18.0 Å². The molecule has 0 radical (unpaired) electrons. The zero-order valence-corrected chi connectivity index (χ0v) is 17.5. The molecule has 0 saturated heterocycles. The molecule has 0 spiro atoms. The molecule has 2 N–H and O–H groups in total. The molecule has 0 aliphatic heterocycles. The summed E-state index contributed by atoms with van der Waals surface area (Å²) >= 11 is 0. The number of rotatable bonds is 4. The number of nitrogens with zero attached hydrogens (tertiary/aromatic N) is 2. The highest BCUT2D eigenvalue weighted by Crippen LogP contribution is 2.29. The van der Waals surface area contributed by atoms with Gasteiger partial charge >= 0.3 is 6.18 Å². The van der Waals surface area contributed by atoms with Crippen molar-refractivity contribution in [2.75, 3.05) is 7.05 Å². The van der Waals surface area contributed by atoms with Crippen LogP contribution in [0.1, 0.15) is 16.7 Å². The molecule has 0 saturated carbocycles. The summed E-state index contributed by atoms with van der Waals surface area (Å²) in [4.78, 5) is 8.49. The first-order valence-corrected chi connectivity index (χ1v) is 8.40. The van der Waals surface area contributed by atoms with E-state index in [4.69, 9.17) is 0 Å². The lowest BCUT2D eigenvalue weighted by atomic mass is 10.1. The number of halogens is 4. The SMILES string of the molecule is CN=C(NCc1ccc(C(F)(F)F)cc1)NCc1ccnc2ccccc12.I. The Morgan fingerprint density at radius 2 is 1.64 bits per heavy atom. The van der Waals surface area contributed by atoms with Crippen molar-refractivity contribution in [1.82, 2.24) is 15.6 Å². The Morgan fingerprint density at radius 3 is 2.32 bits per heavy atom. The van der Waals surface area contributed by atoms with Crippen molar-refractivity contribution in [2.45, 2.75) is 19.3 Å². The van der Waals surface area contributed by atoms with Crippen LogP contribution in [0.5, 0.6) is 0 Å². The monoisotopic (exact) mass is 500 g/mol. The van der Waals surface area contributed by atoms with Gasteiger partial charge < -0.3 is 10.6 Å². The van der Waals surface area contributed by atoms with Crippen LogP contribution in [0.4, 0.5) is 13.2 Å². The second-order valence-corrected chi connectivity index (χ2v) is 5.96.